The maximum atomic E-state index is 12.1. The number of sulfone groups is 1. The van der Waals surface area contributed by atoms with Crippen molar-refractivity contribution in [3.8, 4) is 0 Å². The second-order valence-electron chi connectivity index (χ2n) is 5.55. The van der Waals surface area contributed by atoms with E-state index >= 15 is 0 Å². The molecule has 0 N–H and O–H groups in total. The molecule has 1 aromatic rings. The first-order valence-electron chi connectivity index (χ1n) is 7.06. The Bertz CT molecular complexity index is 592. The molecule has 1 aliphatic heterocycles. The van der Waals surface area contributed by atoms with E-state index in [9.17, 15) is 13.2 Å². The smallest absolute Gasteiger partial charge is 0.348 e. The van der Waals surface area contributed by atoms with E-state index < -0.39 is 15.9 Å². The maximum Gasteiger partial charge on any atom is 0.348 e. The van der Waals surface area contributed by atoms with Crippen LogP contribution in [0.3, 0.4) is 0 Å². The summed E-state index contributed by atoms with van der Waals surface area (Å²) < 4.78 is 28.1. The number of aryl methyl sites for hydroxylation is 2. The summed E-state index contributed by atoms with van der Waals surface area (Å²) in [7, 11) is -3.00. The average molecular weight is 314 g/mol. The zero-order valence-electron chi connectivity index (χ0n) is 11.3. The Morgan fingerprint density at radius 3 is 2.80 bits per heavy atom. The van der Waals surface area contributed by atoms with Crippen molar-refractivity contribution in [3.63, 3.8) is 0 Å². The van der Waals surface area contributed by atoms with Gasteiger partial charge in [0.15, 0.2) is 9.84 Å². The molecule has 0 spiro atoms. The van der Waals surface area contributed by atoms with E-state index in [4.69, 9.17) is 4.74 Å². The fourth-order valence-electron chi connectivity index (χ4n) is 2.83. The Balaban J connectivity index is 1.69. The van der Waals surface area contributed by atoms with Gasteiger partial charge < -0.3 is 4.74 Å². The fourth-order valence-corrected chi connectivity index (χ4v) is 5.56. The van der Waals surface area contributed by atoms with Crippen molar-refractivity contribution in [3.05, 3.63) is 21.4 Å². The van der Waals surface area contributed by atoms with Gasteiger partial charge in [0.25, 0.3) is 0 Å². The summed E-state index contributed by atoms with van der Waals surface area (Å²) in [6.45, 7) is 0. The Morgan fingerprint density at radius 2 is 2.05 bits per heavy atom. The van der Waals surface area contributed by atoms with E-state index in [-0.39, 0.29) is 17.5 Å². The van der Waals surface area contributed by atoms with Gasteiger partial charge >= 0.3 is 5.97 Å². The van der Waals surface area contributed by atoms with Crippen molar-refractivity contribution in [2.24, 2.45) is 0 Å². The Kier molecular flexibility index (Phi) is 3.86. The highest BCUT2D eigenvalue weighted by Crippen LogP contribution is 2.30. The first-order valence-corrected chi connectivity index (χ1v) is 9.70. The van der Waals surface area contributed by atoms with Crippen molar-refractivity contribution in [2.75, 3.05) is 11.5 Å². The molecule has 0 bridgehead atoms. The molecule has 6 heteroatoms. The molecule has 110 valence electrons. The summed E-state index contributed by atoms with van der Waals surface area (Å²) in [6, 6.07) is 1.94. The molecule has 20 heavy (non-hydrogen) atoms. The molecule has 1 atom stereocenters. The summed E-state index contributed by atoms with van der Waals surface area (Å²) in [5, 5.41) is 0. The molecule has 0 aromatic carbocycles. The predicted molar refractivity (Wildman–Crippen MR) is 78.1 cm³/mol. The molecule has 4 nitrogen and oxygen atoms in total. The highest BCUT2D eigenvalue weighted by atomic mass is 32.2. The number of esters is 1. The van der Waals surface area contributed by atoms with Crippen LogP contribution in [0.15, 0.2) is 6.07 Å². The quantitative estimate of drug-likeness (QED) is 0.621. The van der Waals surface area contributed by atoms with Crippen LogP contribution in [0.25, 0.3) is 0 Å². The lowest BCUT2D eigenvalue weighted by molar-refractivity contribution is 0.0362. The summed E-state index contributed by atoms with van der Waals surface area (Å²) >= 11 is 1.52. The van der Waals surface area contributed by atoms with Gasteiger partial charge in [0.1, 0.15) is 11.0 Å². The van der Waals surface area contributed by atoms with Gasteiger partial charge in [-0.15, -0.1) is 11.3 Å². The zero-order chi connectivity index (χ0) is 14.2. The van der Waals surface area contributed by atoms with Crippen molar-refractivity contribution >= 4 is 27.1 Å². The van der Waals surface area contributed by atoms with Crippen LogP contribution >= 0.6 is 11.3 Å². The van der Waals surface area contributed by atoms with Crippen molar-refractivity contribution in [1.82, 2.24) is 0 Å². The standard InChI is InChI=1S/C14H18O4S2/c15-14(18-11-6-7-20(16,17)9-11)13-8-10-4-2-1-3-5-12(10)19-13/h8,11H,1-7,9H2/t11-/m1/s1. The van der Waals surface area contributed by atoms with Crippen LogP contribution in [0, 0.1) is 0 Å². The van der Waals surface area contributed by atoms with Crippen LogP contribution < -0.4 is 0 Å². The van der Waals surface area contributed by atoms with E-state index in [0.717, 1.165) is 12.8 Å². The second-order valence-corrected chi connectivity index (χ2v) is 8.92. The van der Waals surface area contributed by atoms with Crippen molar-refractivity contribution in [2.45, 2.75) is 44.6 Å². The number of rotatable bonds is 2. The van der Waals surface area contributed by atoms with E-state index in [1.54, 1.807) is 0 Å². The third-order valence-corrected chi connectivity index (χ3v) is 6.87. The molecular weight excluding hydrogens is 296 g/mol. The highest BCUT2D eigenvalue weighted by molar-refractivity contribution is 7.91. The first-order chi connectivity index (χ1) is 9.53. The van der Waals surface area contributed by atoms with Gasteiger partial charge in [-0.1, -0.05) is 6.42 Å². The average Bonchev–Trinajstić information content (AvgIpc) is 2.86. The van der Waals surface area contributed by atoms with Gasteiger partial charge in [-0.2, -0.15) is 0 Å². The number of hydrogen-bond acceptors (Lipinski definition) is 5. The van der Waals surface area contributed by atoms with Crippen molar-refractivity contribution < 1.29 is 17.9 Å². The molecule has 0 radical (unpaired) electrons. The van der Waals surface area contributed by atoms with Crippen LogP contribution in [-0.4, -0.2) is 32.0 Å². The molecule has 3 rings (SSSR count). The van der Waals surface area contributed by atoms with Gasteiger partial charge in [-0.25, -0.2) is 13.2 Å². The Morgan fingerprint density at radius 1 is 1.25 bits per heavy atom. The number of fused-ring (bicyclic) bond motifs is 1. The lowest BCUT2D eigenvalue weighted by Crippen LogP contribution is -2.18. The summed E-state index contributed by atoms with van der Waals surface area (Å²) in [5.41, 5.74) is 1.28. The molecular formula is C14H18O4S2. The largest absolute Gasteiger partial charge is 0.457 e. The number of hydrogen-bond donors (Lipinski definition) is 0. The molecule has 1 saturated heterocycles. The van der Waals surface area contributed by atoms with E-state index in [2.05, 4.69) is 0 Å². The van der Waals surface area contributed by atoms with Crippen LogP contribution in [0.4, 0.5) is 0 Å². The van der Waals surface area contributed by atoms with E-state index in [1.807, 2.05) is 6.07 Å². The molecule has 0 unspecified atom stereocenters. The molecule has 1 aliphatic carbocycles. The monoisotopic (exact) mass is 314 g/mol. The molecule has 2 aliphatic rings. The topological polar surface area (TPSA) is 60.4 Å². The van der Waals surface area contributed by atoms with Crippen molar-refractivity contribution in [1.29, 1.82) is 0 Å². The molecule has 1 fully saturated rings. The number of carbonyl (C=O) groups is 1. The number of ether oxygens (including phenoxy) is 1. The summed E-state index contributed by atoms with van der Waals surface area (Å²) in [4.78, 5) is 14.0. The van der Waals surface area contributed by atoms with Gasteiger partial charge in [0.2, 0.25) is 0 Å². The zero-order valence-corrected chi connectivity index (χ0v) is 12.9. The minimum atomic E-state index is -3.00. The number of thiophene rings is 1. The predicted octanol–water partition coefficient (Wildman–Crippen LogP) is 2.36. The van der Waals surface area contributed by atoms with Gasteiger partial charge in [0, 0.05) is 4.88 Å². The lowest BCUT2D eigenvalue weighted by atomic mass is 10.1. The normalized spacial score (nSPS) is 24.9. The Hall–Kier alpha value is -0.880. The maximum absolute atomic E-state index is 12.1. The van der Waals surface area contributed by atoms with E-state index in [1.165, 1.54) is 41.0 Å². The Labute approximate surface area is 123 Å². The minimum absolute atomic E-state index is 0.0240. The van der Waals surface area contributed by atoms with Crippen LogP contribution in [0.5, 0.6) is 0 Å². The van der Waals surface area contributed by atoms with Gasteiger partial charge in [-0.05, 0) is 43.7 Å². The van der Waals surface area contributed by atoms with Crippen LogP contribution in [-0.2, 0) is 27.4 Å². The van der Waals surface area contributed by atoms with E-state index in [0.29, 0.717) is 11.3 Å². The molecule has 2 heterocycles. The molecule has 0 amide bonds. The highest BCUT2D eigenvalue weighted by Gasteiger charge is 2.31. The minimum Gasteiger partial charge on any atom is -0.457 e. The summed E-state index contributed by atoms with van der Waals surface area (Å²) in [5.74, 6) is -0.249. The van der Waals surface area contributed by atoms with Crippen LogP contribution in [0.1, 0.15) is 45.8 Å². The third-order valence-electron chi connectivity index (χ3n) is 3.91. The summed E-state index contributed by atoms with van der Waals surface area (Å²) in [6.07, 6.45) is 5.67. The van der Waals surface area contributed by atoms with Crippen LogP contribution in [0.2, 0.25) is 0 Å². The van der Waals surface area contributed by atoms with Gasteiger partial charge in [0.05, 0.1) is 11.5 Å². The van der Waals surface area contributed by atoms with Gasteiger partial charge in [-0.3, -0.25) is 0 Å². The second kappa shape index (κ2) is 5.48. The lowest BCUT2D eigenvalue weighted by Gasteiger charge is -2.08. The number of carbonyl (C=O) groups excluding carboxylic acids is 1. The molecule has 1 aromatic heterocycles. The third kappa shape index (κ3) is 3.06. The first kappa shape index (κ1) is 14.1. The fraction of sp³-hybridized carbons (Fsp3) is 0.643. The molecule has 0 saturated carbocycles. The SMILES string of the molecule is O=C(O[C@@H]1CCS(=O)(=O)C1)c1cc2c(s1)CCCCC2.